The van der Waals surface area contributed by atoms with Crippen LogP contribution in [-0.2, 0) is 0 Å². The molecule has 1 atom stereocenters. The summed E-state index contributed by atoms with van der Waals surface area (Å²) in [5.41, 5.74) is 1.25. The lowest BCUT2D eigenvalue weighted by atomic mass is 9.77. The molecule has 0 heterocycles. The minimum atomic E-state index is 0.375. The third-order valence-corrected chi connectivity index (χ3v) is 4.72. The number of rotatable bonds is 5. The number of hydrogen-bond acceptors (Lipinski definition) is 2. The lowest BCUT2D eigenvalue weighted by molar-refractivity contribution is 0.230. The second kappa shape index (κ2) is 7.33. The Kier molecular flexibility index (Phi) is 5.74. The first-order chi connectivity index (χ1) is 9.65. The summed E-state index contributed by atoms with van der Waals surface area (Å²) in [6.45, 7) is 5.50. The van der Waals surface area contributed by atoms with Gasteiger partial charge in [0.25, 0.3) is 0 Å². The zero-order chi connectivity index (χ0) is 14.5. The highest BCUT2D eigenvalue weighted by Gasteiger charge is 2.28. The Morgan fingerprint density at radius 1 is 1.30 bits per heavy atom. The van der Waals surface area contributed by atoms with Crippen molar-refractivity contribution >= 4 is 11.6 Å². The zero-order valence-corrected chi connectivity index (χ0v) is 13.5. The van der Waals surface area contributed by atoms with E-state index < -0.39 is 0 Å². The molecule has 1 aromatic carbocycles. The molecule has 1 aliphatic rings. The Morgan fingerprint density at radius 2 is 2.00 bits per heavy atom. The van der Waals surface area contributed by atoms with Crippen molar-refractivity contribution in [2.75, 3.05) is 13.7 Å². The average Bonchev–Trinajstić information content (AvgIpc) is 2.46. The van der Waals surface area contributed by atoms with Gasteiger partial charge >= 0.3 is 0 Å². The molecule has 2 rings (SSSR count). The minimum Gasteiger partial charge on any atom is -0.496 e. The number of hydrogen-bond donors (Lipinski definition) is 1. The molecule has 1 aromatic rings. The maximum Gasteiger partial charge on any atom is 0.125 e. The van der Waals surface area contributed by atoms with Gasteiger partial charge in [0.05, 0.1) is 7.11 Å². The molecule has 0 amide bonds. The van der Waals surface area contributed by atoms with Crippen molar-refractivity contribution in [2.24, 2.45) is 11.8 Å². The summed E-state index contributed by atoms with van der Waals surface area (Å²) < 4.78 is 5.54. The van der Waals surface area contributed by atoms with Crippen molar-refractivity contribution in [1.82, 2.24) is 5.32 Å². The van der Waals surface area contributed by atoms with Gasteiger partial charge in [-0.3, -0.25) is 0 Å². The van der Waals surface area contributed by atoms with Crippen LogP contribution in [0.15, 0.2) is 18.2 Å². The first-order valence-corrected chi connectivity index (χ1v) is 8.10. The molecule has 0 bridgehead atoms. The number of methoxy groups -OCH3 is 1. The normalized spacial score (nSPS) is 24.4. The molecule has 0 aromatic heterocycles. The molecular weight excluding hydrogens is 270 g/mol. The molecule has 1 fully saturated rings. The monoisotopic (exact) mass is 295 g/mol. The van der Waals surface area contributed by atoms with E-state index in [1.54, 1.807) is 7.11 Å². The second-order valence-corrected chi connectivity index (χ2v) is 6.38. The topological polar surface area (TPSA) is 21.3 Å². The molecule has 2 nitrogen and oxygen atoms in total. The first-order valence-electron chi connectivity index (χ1n) is 7.72. The summed E-state index contributed by atoms with van der Waals surface area (Å²) in [6.07, 6.45) is 5.26. The fourth-order valence-corrected chi connectivity index (χ4v) is 3.47. The number of nitrogens with one attached hydrogen (secondary N) is 1. The van der Waals surface area contributed by atoms with E-state index in [0.29, 0.717) is 12.0 Å². The van der Waals surface area contributed by atoms with Crippen molar-refractivity contribution in [2.45, 2.75) is 45.6 Å². The third-order valence-electron chi connectivity index (χ3n) is 4.49. The Bertz CT molecular complexity index is 427. The number of halogens is 1. The van der Waals surface area contributed by atoms with Crippen LogP contribution in [0.5, 0.6) is 5.75 Å². The van der Waals surface area contributed by atoms with E-state index >= 15 is 0 Å². The molecule has 20 heavy (non-hydrogen) atoms. The maximum atomic E-state index is 6.08. The average molecular weight is 296 g/mol. The van der Waals surface area contributed by atoms with E-state index in [4.69, 9.17) is 16.3 Å². The molecule has 3 heteroatoms. The van der Waals surface area contributed by atoms with Crippen LogP contribution in [0.4, 0.5) is 0 Å². The third kappa shape index (κ3) is 3.67. The van der Waals surface area contributed by atoms with Gasteiger partial charge in [-0.15, -0.1) is 0 Å². The Hall–Kier alpha value is -0.730. The van der Waals surface area contributed by atoms with Crippen LogP contribution in [0.3, 0.4) is 0 Å². The van der Waals surface area contributed by atoms with E-state index in [-0.39, 0.29) is 0 Å². The van der Waals surface area contributed by atoms with Crippen LogP contribution in [0.2, 0.25) is 5.02 Å². The summed E-state index contributed by atoms with van der Waals surface area (Å²) in [5.74, 6) is 2.48. The van der Waals surface area contributed by atoms with Crippen LogP contribution < -0.4 is 10.1 Å². The Labute approximate surface area is 127 Å². The standard InChI is InChI=1S/C17H26ClNO/c1-4-19-17(13-7-5-12(2)6-8-13)15-10-9-14(18)11-16(15)20-3/h9-13,17,19H,4-8H2,1-3H3. The largest absolute Gasteiger partial charge is 0.496 e. The van der Waals surface area contributed by atoms with Crippen LogP contribution in [0, 0.1) is 11.8 Å². The fourth-order valence-electron chi connectivity index (χ4n) is 3.31. The summed E-state index contributed by atoms with van der Waals surface area (Å²) in [4.78, 5) is 0. The molecule has 0 spiro atoms. The second-order valence-electron chi connectivity index (χ2n) is 5.94. The van der Waals surface area contributed by atoms with Crippen LogP contribution in [-0.4, -0.2) is 13.7 Å². The molecule has 0 radical (unpaired) electrons. The molecule has 1 N–H and O–H groups in total. The van der Waals surface area contributed by atoms with Gasteiger partial charge in [0.2, 0.25) is 0 Å². The van der Waals surface area contributed by atoms with Crippen LogP contribution in [0.25, 0.3) is 0 Å². The predicted octanol–water partition coefficient (Wildman–Crippen LogP) is 4.83. The number of benzene rings is 1. The highest BCUT2D eigenvalue weighted by molar-refractivity contribution is 6.30. The van der Waals surface area contributed by atoms with E-state index in [1.165, 1.54) is 31.2 Å². The molecule has 0 saturated heterocycles. The van der Waals surface area contributed by atoms with Gasteiger partial charge in [-0.2, -0.15) is 0 Å². The maximum absolute atomic E-state index is 6.08. The Balaban J connectivity index is 2.23. The van der Waals surface area contributed by atoms with Crippen LogP contribution >= 0.6 is 11.6 Å². The lowest BCUT2D eigenvalue weighted by Gasteiger charge is -2.34. The minimum absolute atomic E-state index is 0.375. The van der Waals surface area contributed by atoms with Gasteiger partial charge in [0.15, 0.2) is 0 Å². The van der Waals surface area contributed by atoms with Crippen molar-refractivity contribution in [3.8, 4) is 5.75 Å². The van der Waals surface area contributed by atoms with Crippen LogP contribution in [0.1, 0.15) is 51.1 Å². The van der Waals surface area contributed by atoms with Crippen molar-refractivity contribution in [3.63, 3.8) is 0 Å². The molecule has 0 aliphatic heterocycles. The van der Waals surface area contributed by atoms with Gasteiger partial charge in [-0.05, 0) is 43.4 Å². The molecular formula is C17H26ClNO. The highest BCUT2D eigenvalue weighted by atomic mass is 35.5. The smallest absolute Gasteiger partial charge is 0.125 e. The summed E-state index contributed by atoms with van der Waals surface area (Å²) in [7, 11) is 1.72. The van der Waals surface area contributed by atoms with E-state index in [9.17, 15) is 0 Å². The van der Waals surface area contributed by atoms with Gasteiger partial charge in [0.1, 0.15) is 5.75 Å². The molecule has 1 saturated carbocycles. The Morgan fingerprint density at radius 3 is 2.60 bits per heavy atom. The molecule has 1 aliphatic carbocycles. The SMILES string of the molecule is CCNC(c1ccc(Cl)cc1OC)C1CCC(C)CC1. The highest BCUT2D eigenvalue weighted by Crippen LogP contribution is 2.40. The first kappa shape index (κ1) is 15.7. The van der Waals surface area contributed by atoms with Gasteiger partial charge in [-0.25, -0.2) is 0 Å². The quantitative estimate of drug-likeness (QED) is 0.840. The molecule has 112 valence electrons. The van der Waals surface area contributed by atoms with Crippen molar-refractivity contribution < 1.29 is 4.74 Å². The lowest BCUT2D eigenvalue weighted by Crippen LogP contribution is -2.31. The van der Waals surface area contributed by atoms with E-state index in [0.717, 1.165) is 23.2 Å². The summed E-state index contributed by atoms with van der Waals surface area (Å²) in [5, 5.41) is 4.39. The van der Waals surface area contributed by atoms with E-state index in [1.807, 2.05) is 12.1 Å². The van der Waals surface area contributed by atoms with E-state index in [2.05, 4.69) is 25.2 Å². The van der Waals surface area contributed by atoms with Gasteiger partial charge in [0, 0.05) is 16.6 Å². The van der Waals surface area contributed by atoms with Crippen molar-refractivity contribution in [1.29, 1.82) is 0 Å². The number of ether oxygens (including phenoxy) is 1. The predicted molar refractivity (Wildman–Crippen MR) is 85.5 cm³/mol. The summed E-state index contributed by atoms with van der Waals surface area (Å²) >= 11 is 6.08. The summed E-state index contributed by atoms with van der Waals surface area (Å²) in [6, 6.07) is 6.38. The van der Waals surface area contributed by atoms with Gasteiger partial charge in [-0.1, -0.05) is 44.4 Å². The molecule has 1 unspecified atom stereocenters. The zero-order valence-electron chi connectivity index (χ0n) is 12.8. The van der Waals surface area contributed by atoms with Gasteiger partial charge < -0.3 is 10.1 Å². The fraction of sp³-hybridized carbons (Fsp3) is 0.647. The van der Waals surface area contributed by atoms with Crippen molar-refractivity contribution in [3.05, 3.63) is 28.8 Å².